The van der Waals surface area contributed by atoms with Crippen molar-refractivity contribution in [3.8, 4) is 0 Å². The number of hydrogen-bond acceptors (Lipinski definition) is 5. The van der Waals surface area contributed by atoms with Gasteiger partial charge in [-0.25, -0.2) is 0 Å². The van der Waals surface area contributed by atoms with Gasteiger partial charge in [0.25, 0.3) is 0 Å². The van der Waals surface area contributed by atoms with Gasteiger partial charge in [0.05, 0.1) is 25.9 Å². The van der Waals surface area contributed by atoms with Gasteiger partial charge in [-0.05, 0) is 12.5 Å². The minimum atomic E-state index is -1.68. The van der Waals surface area contributed by atoms with E-state index in [-0.39, 0.29) is 6.61 Å². The summed E-state index contributed by atoms with van der Waals surface area (Å²) in [7, 11) is 0. The van der Waals surface area contributed by atoms with Gasteiger partial charge >= 0.3 is 0 Å². The largest absolute Gasteiger partial charge is 0.394 e. The van der Waals surface area contributed by atoms with E-state index in [9.17, 15) is 0 Å². The van der Waals surface area contributed by atoms with E-state index in [4.69, 9.17) is 25.6 Å². The lowest BCUT2D eigenvalue weighted by Crippen LogP contribution is -2.41. The van der Waals surface area contributed by atoms with Gasteiger partial charge in [-0.15, -0.1) is 0 Å². The molecule has 0 unspecified atom stereocenters. The van der Waals surface area contributed by atoms with Crippen LogP contribution >= 0.6 is 0 Å². The van der Waals surface area contributed by atoms with E-state index in [0.29, 0.717) is 0 Å². The number of ether oxygens (including phenoxy) is 1. The van der Waals surface area contributed by atoms with Crippen molar-refractivity contribution in [2.75, 3.05) is 19.8 Å². The van der Waals surface area contributed by atoms with E-state index in [1.54, 1.807) is 0 Å². The molecule has 0 spiro atoms. The van der Waals surface area contributed by atoms with Crippen LogP contribution in [0.1, 0.15) is 6.92 Å². The fourth-order valence-electron chi connectivity index (χ4n) is 0.705. The molecule has 0 aromatic heterocycles. The highest BCUT2D eigenvalue weighted by Crippen LogP contribution is 2.14. The molecular formula is C6H13N3O4. The Hall–Kier alpha value is -0.850. The molecule has 3 N–H and O–H groups in total. The molecule has 76 valence electrons. The summed E-state index contributed by atoms with van der Waals surface area (Å²) in [6.07, 6.45) is -0.621. The zero-order valence-electron chi connectivity index (χ0n) is 7.29. The Balaban J connectivity index is 4.46. The zero-order chi connectivity index (χ0) is 10.3. The smallest absolute Gasteiger partial charge is 0.193 e. The molecule has 0 rings (SSSR count). The molecule has 0 aliphatic carbocycles. The van der Waals surface area contributed by atoms with Crippen LogP contribution in [-0.2, 0) is 4.74 Å². The van der Waals surface area contributed by atoms with Gasteiger partial charge in [-0.2, -0.15) is 0 Å². The Bertz CT molecular complexity index is 188. The van der Waals surface area contributed by atoms with Gasteiger partial charge in [0, 0.05) is 4.91 Å². The van der Waals surface area contributed by atoms with Crippen LogP contribution in [0.15, 0.2) is 5.11 Å². The van der Waals surface area contributed by atoms with Gasteiger partial charge in [-0.1, -0.05) is 5.11 Å². The van der Waals surface area contributed by atoms with E-state index < -0.39 is 25.0 Å². The Kier molecular flexibility index (Phi) is 5.36. The van der Waals surface area contributed by atoms with Crippen LogP contribution in [0.3, 0.4) is 0 Å². The summed E-state index contributed by atoms with van der Waals surface area (Å²) < 4.78 is 4.96. The first-order valence-corrected chi connectivity index (χ1v) is 3.70. The lowest BCUT2D eigenvalue weighted by atomic mass is 10.2. The number of aliphatic hydroxyl groups excluding tert-OH is 3. The molecule has 0 saturated heterocycles. The Morgan fingerprint density at radius 1 is 1.46 bits per heavy atom. The summed E-state index contributed by atoms with van der Waals surface area (Å²) in [5, 5.41) is 29.4. The molecule has 0 fully saturated rings. The second kappa shape index (κ2) is 5.74. The predicted octanol–water partition coefficient (Wildman–Crippen LogP) is -0.625. The van der Waals surface area contributed by atoms with E-state index in [1.165, 1.54) is 6.92 Å². The number of hydrogen-bond donors (Lipinski definition) is 3. The summed E-state index contributed by atoms with van der Waals surface area (Å²) >= 11 is 0. The third-order valence-corrected chi connectivity index (χ3v) is 1.40. The minimum absolute atomic E-state index is 0.289. The monoisotopic (exact) mass is 191 g/mol. The average molecular weight is 191 g/mol. The molecule has 0 bridgehead atoms. The maximum Gasteiger partial charge on any atom is 0.193 e. The molecule has 0 aromatic rings. The molecule has 0 saturated carbocycles. The minimum Gasteiger partial charge on any atom is -0.394 e. The molecule has 0 aliphatic heterocycles. The Labute approximate surface area is 75.2 Å². The van der Waals surface area contributed by atoms with Crippen molar-refractivity contribution in [3.05, 3.63) is 10.4 Å². The molecule has 1 atom stereocenters. The number of nitrogens with zero attached hydrogens (tertiary/aromatic N) is 3. The van der Waals surface area contributed by atoms with Gasteiger partial charge in [0.2, 0.25) is 0 Å². The molecule has 7 heteroatoms. The second-order valence-corrected chi connectivity index (χ2v) is 2.56. The van der Waals surface area contributed by atoms with Crippen molar-refractivity contribution in [3.63, 3.8) is 0 Å². The van der Waals surface area contributed by atoms with Gasteiger partial charge in [-0.3, -0.25) is 0 Å². The molecule has 0 aliphatic rings. The van der Waals surface area contributed by atoms with Crippen LogP contribution in [0.4, 0.5) is 0 Å². The van der Waals surface area contributed by atoms with Crippen LogP contribution in [0.25, 0.3) is 10.4 Å². The molecular weight excluding hydrogens is 178 g/mol. The highest BCUT2D eigenvalue weighted by molar-refractivity contribution is 4.77. The SMILES string of the molecule is C[C@@H](CO)OC(CO)(CO)N=[N+]=[N-]. The fraction of sp³-hybridized carbons (Fsp3) is 1.00. The van der Waals surface area contributed by atoms with Gasteiger partial charge in [0.15, 0.2) is 5.72 Å². The number of azide groups is 1. The summed E-state index contributed by atoms with van der Waals surface area (Å²) in [4.78, 5) is 2.44. The quantitative estimate of drug-likeness (QED) is 0.294. The maximum atomic E-state index is 8.82. The van der Waals surface area contributed by atoms with Crippen molar-refractivity contribution in [1.82, 2.24) is 0 Å². The lowest BCUT2D eigenvalue weighted by molar-refractivity contribution is -0.143. The standard InChI is InChI=1S/C6H13N3O4/c1-5(2-10)13-6(3-11,4-12)8-9-7/h5,10-12H,2-4H2,1H3/t5-/m0/s1. The summed E-state index contributed by atoms with van der Waals surface area (Å²) in [5.41, 5.74) is 6.46. The van der Waals surface area contributed by atoms with Crippen molar-refractivity contribution in [2.45, 2.75) is 18.8 Å². The third-order valence-electron chi connectivity index (χ3n) is 1.40. The molecule has 0 radical (unpaired) electrons. The second-order valence-electron chi connectivity index (χ2n) is 2.56. The maximum absolute atomic E-state index is 8.82. The van der Waals surface area contributed by atoms with Crippen LogP contribution < -0.4 is 0 Å². The molecule has 0 amide bonds. The molecule has 7 nitrogen and oxygen atoms in total. The summed E-state index contributed by atoms with van der Waals surface area (Å²) in [5.74, 6) is 0. The van der Waals surface area contributed by atoms with Crippen molar-refractivity contribution in [2.24, 2.45) is 5.11 Å². The Morgan fingerprint density at radius 2 is 2.00 bits per heavy atom. The van der Waals surface area contributed by atoms with Crippen molar-refractivity contribution >= 4 is 0 Å². The third kappa shape index (κ3) is 3.58. The van der Waals surface area contributed by atoms with E-state index >= 15 is 0 Å². The first-order valence-electron chi connectivity index (χ1n) is 3.70. The molecule has 0 heterocycles. The highest BCUT2D eigenvalue weighted by Gasteiger charge is 2.30. The van der Waals surface area contributed by atoms with Gasteiger partial charge in [0.1, 0.15) is 0 Å². The fourth-order valence-corrected chi connectivity index (χ4v) is 0.705. The Morgan fingerprint density at radius 3 is 2.31 bits per heavy atom. The average Bonchev–Trinajstić information content (AvgIpc) is 2.17. The summed E-state index contributed by atoms with van der Waals surface area (Å²) in [6.45, 7) is -0.0501. The topological polar surface area (TPSA) is 119 Å². The van der Waals surface area contributed by atoms with E-state index in [0.717, 1.165) is 0 Å². The van der Waals surface area contributed by atoms with Crippen LogP contribution in [0.2, 0.25) is 0 Å². The van der Waals surface area contributed by atoms with Crippen LogP contribution in [0.5, 0.6) is 0 Å². The molecule has 0 aromatic carbocycles. The van der Waals surface area contributed by atoms with E-state index in [2.05, 4.69) is 10.0 Å². The predicted molar refractivity (Wildman–Crippen MR) is 43.7 cm³/mol. The van der Waals surface area contributed by atoms with Crippen LogP contribution in [-0.4, -0.2) is 47.0 Å². The first kappa shape index (κ1) is 12.2. The van der Waals surface area contributed by atoms with E-state index in [1.807, 2.05) is 0 Å². The number of rotatable bonds is 6. The first-order chi connectivity index (χ1) is 6.14. The lowest BCUT2D eigenvalue weighted by Gasteiger charge is -2.27. The molecule has 13 heavy (non-hydrogen) atoms. The number of aliphatic hydroxyl groups is 3. The van der Waals surface area contributed by atoms with Crippen molar-refractivity contribution in [1.29, 1.82) is 0 Å². The normalized spacial score (nSPS) is 13.5. The summed E-state index contributed by atoms with van der Waals surface area (Å²) in [6, 6.07) is 0. The van der Waals surface area contributed by atoms with Crippen molar-refractivity contribution < 1.29 is 20.1 Å². The van der Waals surface area contributed by atoms with Gasteiger partial charge < -0.3 is 20.1 Å². The highest BCUT2D eigenvalue weighted by atomic mass is 16.6. The van der Waals surface area contributed by atoms with Crippen LogP contribution in [0, 0.1) is 0 Å². The zero-order valence-corrected chi connectivity index (χ0v) is 7.29.